The van der Waals surface area contributed by atoms with Gasteiger partial charge < -0.3 is 15.0 Å². The van der Waals surface area contributed by atoms with E-state index in [1.807, 2.05) is 13.8 Å². The molecule has 0 bridgehead atoms. The van der Waals surface area contributed by atoms with Crippen molar-refractivity contribution in [2.45, 2.75) is 45.8 Å². The van der Waals surface area contributed by atoms with Gasteiger partial charge in [0.25, 0.3) is 0 Å². The molecular formula is C24H31Cl2N3O5S. The molecule has 8 nitrogen and oxygen atoms in total. The smallest absolute Gasteiger partial charge is 0.244 e. The molecule has 11 heteroatoms. The number of hydrogen-bond acceptors (Lipinski definition) is 5. The summed E-state index contributed by atoms with van der Waals surface area (Å²) in [6, 6.07) is 10.3. The molecule has 0 aliphatic rings. The first-order valence-electron chi connectivity index (χ1n) is 11.0. The minimum atomic E-state index is -3.83. The van der Waals surface area contributed by atoms with Crippen LogP contribution >= 0.6 is 23.2 Å². The molecule has 0 saturated heterocycles. The maximum absolute atomic E-state index is 13.5. The minimum Gasteiger partial charge on any atom is -0.497 e. The first-order valence-corrected chi connectivity index (χ1v) is 13.6. The quantitative estimate of drug-likeness (QED) is 0.460. The molecule has 35 heavy (non-hydrogen) atoms. The normalized spacial score (nSPS) is 13.0. The lowest BCUT2D eigenvalue weighted by Gasteiger charge is -2.32. The largest absolute Gasteiger partial charge is 0.497 e. The number of benzene rings is 2. The Morgan fingerprint density at radius 1 is 1.09 bits per heavy atom. The number of halogens is 2. The van der Waals surface area contributed by atoms with Crippen molar-refractivity contribution in [3.8, 4) is 5.75 Å². The summed E-state index contributed by atoms with van der Waals surface area (Å²) in [7, 11) is -2.37. The van der Waals surface area contributed by atoms with Gasteiger partial charge in [-0.15, -0.1) is 0 Å². The van der Waals surface area contributed by atoms with Gasteiger partial charge >= 0.3 is 0 Å². The molecule has 2 aromatic rings. The number of carbonyl (C=O) groups excluding carboxylic acids is 2. The molecule has 0 aliphatic carbocycles. The zero-order valence-corrected chi connectivity index (χ0v) is 22.7. The molecule has 0 fully saturated rings. The Morgan fingerprint density at radius 3 is 2.34 bits per heavy atom. The highest BCUT2D eigenvalue weighted by Crippen LogP contribution is 2.25. The fourth-order valence-corrected chi connectivity index (χ4v) is 4.42. The molecule has 0 aliphatic heterocycles. The molecule has 0 radical (unpaired) electrons. The van der Waals surface area contributed by atoms with Crippen molar-refractivity contribution in [1.82, 2.24) is 10.2 Å². The third-order valence-electron chi connectivity index (χ3n) is 5.53. The van der Waals surface area contributed by atoms with Crippen molar-refractivity contribution < 1.29 is 22.7 Å². The zero-order chi connectivity index (χ0) is 26.3. The lowest BCUT2D eigenvalue weighted by molar-refractivity contribution is -0.139. The molecule has 0 spiro atoms. The number of sulfonamides is 1. The van der Waals surface area contributed by atoms with Crippen LogP contribution in [0.3, 0.4) is 0 Å². The van der Waals surface area contributed by atoms with Crippen LogP contribution in [0.15, 0.2) is 42.5 Å². The van der Waals surface area contributed by atoms with Crippen LogP contribution in [-0.2, 0) is 26.2 Å². The molecule has 0 aromatic heterocycles. The zero-order valence-electron chi connectivity index (χ0n) is 20.4. The summed E-state index contributed by atoms with van der Waals surface area (Å²) in [5.41, 5.74) is 0.912. The average molecular weight is 545 g/mol. The molecule has 2 amide bonds. The first-order chi connectivity index (χ1) is 16.4. The molecule has 2 aromatic carbocycles. The van der Waals surface area contributed by atoms with Gasteiger partial charge in [-0.05, 0) is 50.1 Å². The predicted octanol–water partition coefficient (Wildman–Crippen LogP) is 4.10. The van der Waals surface area contributed by atoms with Crippen LogP contribution in [0, 0.1) is 0 Å². The van der Waals surface area contributed by atoms with Gasteiger partial charge in [0.1, 0.15) is 18.3 Å². The van der Waals surface area contributed by atoms with E-state index in [1.54, 1.807) is 43.3 Å². The minimum absolute atomic E-state index is 0.0283. The maximum atomic E-state index is 13.5. The SMILES string of the molecule is CCC(C)NC(=O)C(C)N(Cc1ccc(Cl)c(Cl)c1)C(=O)CN(c1cccc(OC)c1)S(C)(=O)=O. The number of nitrogens with one attached hydrogen (secondary N) is 1. The highest BCUT2D eigenvalue weighted by molar-refractivity contribution is 7.92. The Morgan fingerprint density at radius 2 is 1.77 bits per heavy atom. The van der Waals surface area contributed by atoms with Gasteiger partial charge in [-0.25, -0.2) is 8.42 Å². The van der Waals surface area contributed by atoms with Gasteiger partial charge in [-0.2, -0.15) is 0 Å². The molecule has 2 unspecified atom stereocenters. The molecule has 2 rings (SSSR count). The van der Waals surface area contributed by atoms with E-state index >= 15 is 0 Å². The molecule has 0 heterocycles. The number of anilines is 1. The molecule has 0 saturated carbocycles. The van der Waals surface area contributed by atoms with Gasteiger partial charge in [0, 0.05) is 18.7 Å². The van der Waals surface area contributed by atoms with E-state index in [2.05, 4.69) is 5.32 Å². The van der Waals surface area contributed by atoms with Crippen molar-refractivity contribution >= 4 is 50.7 Å². The van der Waals surface area contributed by atoms with Crippen molar-refractivity contribution in [2.75, 3.05) is 24.2 Å². The Kier molecular flexibility index (Phi) is 10.2. The van der Waals surface area contributed by atoms with E-state index < -0.39 is 28.5 Å². The summed E-state index contributed by atoms with van der Waals surface area (Å²) in [4.78, 5) is 27.8. The van der Waals surface area contributed by atoms with Crippen LogP contribution in [-0.4, -0.2) is 57.1 Å². The summed E-state index contributed by atoms with van der Waals surface area (Å²) < 4.78 is 31.4. The van der Waals surface area contributed by atoms with E-state index in [0.717, 1.165) is 17.0 Å². The molecular weight excluding hydrogens is 513 g/mol. The molecule has 192 valence electrons. The Labute approximate surface area is 217 Å². The van der Waals surface area contributed by atoms with Crippen LogP contribution < -0.4 is 14.4 Å². The maximum Gasteiger partial charge on any atom is 0.244 e. The first kappa shape index (κ1) is 28.7. The number of carbonyl (C=O) groups is 2. The van der Waals surface area contributed by atoms with E-state index in [4.69, 9.17) is 27.9 Å². The Balaban J connectivity index is 2.42. The number of amides is 2. The molecule has 1 N–H and O–H groups in total. The second-order valence-corrected chi connectivity index (χ2v) is 11.0. The van der Waals surface area contributed by atoms with Crippen molar-refractivity contribution in [3.05, 3.63) is 58.1 Å². The van der Waals surface area contributed by atoms with Crippen molar-refractivity contribution in [2.24, 2.45) is 0 Å². The van der Waals surface area contributed by atoms with Crippen LogP contribution in [0.25, 0.3) is 0 Å². The van der Waals surface area contributed by atoms with E-state index in [1.165, 1.54) is 18.1 Å². The van der Waals surface area contributed by atoms with E-state index in [-0.39, 0.29) is 24.2 Å². The highest BCUT2D eigenvalue weighted by Gasteiger charge is 2.30. The van der Waals surface area contributed by atoms with Crippen molar-refractivity contribution in [3.63, 3.8) is 0 Å². The predicted molar refractivity (Wildman–Crippen MR) is 140 cm³/mol. The summed E-state index contributed by atoms with van der Waals surface area (Å²) in [6.45, 7) is 4.93. The monoisotopic (exact) mass is 543 g/mol. The fraction of sp³-hybridized carbons (Fsp3) is 0.417. The van der Waals surface area contributed by atoms with Crippen molar-refractivity contribution in [1.29, 1.82) is 0 Å². The number of ether oxygens (including phenoxy) is 1. The number of methoxy groups -OCH3 is 1. The topological polar surface area (TPSA) is 96.0 Å². The van der Waals surface area contributed by atoms with Gasteiger partial charge in [0.2, 0.25) is 21.8 Å². The summed E-state index contributed by atoms with van der Waals surface area (Å²) in [6.07, 6.45) is 1.74. The number of hydrogen-bond donors (Lipinski definition) is 1. The number of rotatable bonds is 11. The molecule has 2 atom stereocenters. The summed E-state index contributed by atoms with van der Waals surface area (Å²) in [5.74, 6) is -0.464. The van der Waals surface area contributed by atoms with Crippen LogP contribution in [0.4, 0.5) is 5.69 Å². The number of nitrogens with zero attached hydrogens (tertiary/aromatic N) is 2. The summed E-state index contributed by atoms with van der Waals surface area (Å²) >= 11 is 12.2. The van der Waals surface area contributed by atoms with E-state index in [9.17, 15) is 18.0 Å². The van der Waals surface area contributed by atoms with Crippen LogP contribution in [0.5, 0.6) is 5.75 Å². The Hall–Kier alpha value is -2.49. The van der Waals surface area contributed by atoms with Gasteiger partial charge in [0.15, 0.2) is 0 Å². The van der Waals surface area contributed by atoms with Crippen LogP contribution in [0.2, 0.25) is 10.0 Å². The second kappa shape index (κ2) is 12.5. The summed E-state index contributed by atoms with van der Waals surface area (Å²) in [5, 5.41) is 3.54. The lowest BCUT2D eigenvalue weighted by Crippen LogP contribution is -2.52. The van der Waals surface area contributed by atoms with Gasteiger partial charge in [0.05, 0.1) is 29.1 Å². The Bertz CT molecular complexity index is 1160. The lowest BCUT2D eigenvalue weighted by atomic mass is 10.1. The van der Waals surface area contributed by atoms with Gasteiger partial charge in [-0.1, -0.05) is 42.3 Å². The highest BCUT2D eigenvalue weighted by atomic mass is 35.5. The standard InChI is InChI=1S/C24H31Cl2N3O5S/c1-6-16(2)27-24(31)17(3)28(14-18-10-11-21(25)22(26)12-18)23(30)15-29(35(5,32)33)19-8-7-9-20(13-19)34-4/h7-13,16-17H,6,14-15H2,1-5H3,(H,27,31). The van der Waals surface area contributed by atoms with Gasteiger partial charge in [-0.3, -0.25) is 13.9 Å². The third-order valence-corrected chi connectivity index (χ3v) is 7.41. The second-order valence-electron chi connectivity index (χ2n) is 8.24. The van der Waals surface area contributed by atoms with E-state index in [0.29, 0.717) is 21.4 Å². The third kappa shape index (κ3) is 8.02. The fourth-order valence-electron chi connectivity index (χ4n) is 3.26. The average Bonchev–Trinajstić information content (AvgIpc) is 2.81. The van der Waals surface area contributed by atoms with Crippen LogP contribution in [0.1, 0.15) is 32.8 Å².